The summed E-state index contributed by atoms with van der Waals surface area (Å²) in [6.45, 7) is 6.83. The van der Waals surface area contributed by atoms with E-state index in [1.165, 1.54) is 20.8 Å². The average molecular weight is 472 g/mol. The number of amides is 1. The van der Waals surface area contributed by atoms with Gasteiger partial charge >= 0.3 is 5.69 Å². The van der Waals surface area contributed by atoms with Gasteiger partial charge in [-0.1, -0.05) is 27.2 Å². The van der Waals surface area contributed by atoms with Crippen molar-refractivity contribution in [3.05, 3.63) is 67.3 Å². The standard InChI is InChI=1S/C23H29N5O4S/c1-4-5-10-27-20(24)19(21(29)26-23(27)31)28(11-15(2)3)22(30)16-6-8-18(9-7-16)32-12-17-13-33-14-25-17/h6-9,13-15H,4-5,10-12,24H2,1-3H3,(H,26,29,31). The minimum atomic E-state index is -0.678. The normalized spacial score (nSPS) is 11.0. The minimum absolute atomic E-state index is 0.00517. The zero-order valence-corrected chi connectivity index (χ0v) is 19.9. The van der Waals surface area contributed by atoms with Crippen molar-refractivity contribution < 1.29 is 9.53 Å². The van der Waals surface area contributed by atoms with Crippen LogP contribution in [0, 0.1) is 5.92 Å². The molecular formula is C23H29N5O4S. The molecule has 3 rings (SSSR count). The van der Waals surface area contributed by atoms with E-state index in [0.717, 1.165) is 18.5 Å². The molecule has 0 fully saturated rings. The molecule has 0 unspecified atom stereocenters. The van der Waals surface area contributed by atoms with Crippen molar-refractivity contribution in [2.45, 2.75) is 46.8 Å². The summed E-state index contributed by atoms with van der Waals surface area (Å²) in [7, 11) is 0. The van der Waals surface area contributed by atoms with Gasteiger partial charge in [-0.2, -0.15) is 0 Å². The first-order valence-electron chi connectivity index (χ1n) is 10.9. The molecule has 2 heterocycles. The second-order valence-corrected chi connectivity index (χ2v) is 8.82. The second kappa shape index (κ2) is 11.0. The molecule has 9 nitrogen and oxygen atoms in total. The van der Waals surface area contributed by atoms with E-state index in [1.807, 2.05) is 26.2 Å². The fourth-order valence-corrected chi connectivity index (χ4v) is 3.88. The third-order valence-electron chi connectivity index (χ3n) is 4.98. The maximum absolute atomic E-state index is 13.4. The average Bonchev–Trinajstić information content (AvgIpc) is 3.30. The summed E-state index contributed by atoms with van der Waals surface area (Å²) in [6, 6.07) is 6.68. The quantitative estimate of drug-likeness (QED) is 0.468. The Morgan fingerprint density at radius 1 is 1.27 bits per heavy atom. The molecular weight excluding hydrogens is 442 g/mol. The van der Waals surface area contributed by atoms with Crippen LogP contribution in [0.5, 0.6) is 5.75 Å². The van der Waals surface area contributed by atoms with Crippen LogP contribution in [0.4, 0.5) is 11.5 Å². The van der Waals surface area contributed by atoms with Crippen LogP contribution in [0.15, 0.2) is 44.7 Å². The van der Waals surface area contributed by atoms with Crippen LogP contribution < -0.4 is 26.6 Å². The summed E-state index contributed by atoms with van der Waals surface area (Å²) in [4.78, 5) is 46.3. The molecule has 33 heavy (non-hydrogen) atoms. The van der Waals surface area contributed by atoms with E-state index in [0.29, 0.717) is 24.5 Å². The number of nitrogens with two attached hydrogens (primary N) is 1. The van der Waals surface area contributed by atoms with Gasteiger partial charge in [0.05, 0.1) is 11.2 Å². The number of H-pyrrole nitrogens is 1. The molecule has 0 aliphatic heterocycles. The molecule has 0 atom stereocenters. The number of unbranched alkanes of at least 4 members (excludes halogenated alkanes) is 1. The summed E-state index contributed by atoms with van der Waals surface area (Å²) in [5.74, 6) is 0.270. The zero-order chi connectivity index (χ0) is 24.0. The number of thiazole rings is 1. The molecule has 2 aromatic heterocycles. The number of carbonyl (C=O) groups excluding carboxylic acids is 1. The monoisotopic (exact) mass is 471 g/mol. The Kier molecular flexibility index (Phi) is 8.05. The lowest BCUT2D eigenvalue weighted by molar-refractivity contribution is 0.0983. The number of nitrogens with one attached hydrogen (secondary N) is 1. The molecule has 3 aromatic rings. The maximum atomic E-state index is 13.4. The Morgan fingerprint density at radius 2 is 2.00 bits per heavy atom. The Morgan fingerprint density at radius 3 is 2.61 bits per heavy atom. The number of carbonyl (C=O) groups is 1. The van der Waals surface area contributed by atoms with E-state index in [-0.39, 0.29) is 29.9 Å². The summed E-state index contributed by atoms with van der Waals surface area (Å²) < 4.78 is 7.02. The first-order chi connectivity index (χ1) is 15.8. The Bertz CT molecular complexity index is 1180. The van der Waals surface area contributed by atoms with Crippen LogP contribution in [0.1, 0.15) is 49.7 Å². The summed E-state index contributed by atoms with van der Waals surface area (Å²) in [5, 5.41) is 1.91. The zero-order valence-electron chi connectivity index (χ0n) is 19.0. The number of hydrogen-bond donors (Lipinski definition) is 2. The van der Waals surface area contributed by atoms with Crippen molar-refractivity contribution in [2.75, 3.05) is 17.2 Å². The van der Waals surface area contributed by atoms with Crippen LogP contribution >= 0.6 is 11.3 Å². The summed E-state index contributed by atoms with van der Waals surface area (Å²) in [6.07, 6.45) is 1.57. The van der Waals surface area contributed by atoms with E-state index < -0.39 is 11.2 Å². The first-order valence-corrected chi connectivity index (χ1v) is 11.8. The van der Waals surface area contributed by atoms with E-state index in [1.54, 1.807) is 29.8 Å². The molecule has 0 aliphatic carbocycles. The van der Waals surface area contributed by atoms with Gasteiger partial charge in [-0.3, -0.25) is 19.1 Å². The fraction of sp³-hybridized carbons (Fsp3) is 0.391. The fourth-order valence-electron chi connectivity index (χ4n) is 3.33. The number of benzene rings is 1. The summed E-state index contributed by atoms with van der Waals surface area (Å²) >= 11 is 1.49. The number of aromatic amines is 1. The lowest BCUT2D eigenvalue weighted by Gasteiger charge is -2.26. The van der Waals surface area contributed by atoms with E-state index in [4.69, 9.17) is 10.5 Å². The predicted molar refractivity (Wildman–Crippen MR) is 130 cm³/mol. The van der Waals surface area contributed by atoms with Crippen molar-refractivity contribution in [3.63, 3.8) is 0 Å². The van der Waals surface area contributed by atoms with Gasteiger partial charge in [0, 0.05) is 24.0 Å². The van der Waals surface area contributed by atoms with Gasteiger partial charge < -0.3 is 15.4 Å². The molecule has 0 radical (unpaired) electrons. The largest absolute Gasteiger partial charge is 0.487 e. The molecule has 3 N–H and O–H groups in total. The van der Waals surface area contributed by atoms with Crippen LogP contribution in [0.3, 0.4) is 0 Å². The van der Waals surface area contributed by atoms with Crippen molar-refractivity contribution >= 4 is 28.7 Å². The third-order valence-corrected chi connectivity index (χ3v) is 5.62. The van der Waals surface area contributed by atoms with E-state index in [2.05, 4.69) is 9.97 Å². The molecule has 176 valence electrons. The Hall–Kier alpha value is -3.40. The topological polar surface area (TPSA) is 123 Å². The highest BCUT2D eigenvalue weighted by atomic mass is 32.1. The smallest absolute Gasteiger partial charge is 0.330 e. The Balaban J connectivity index is 1.91. The van der Waals surface area contributed by atoms with Crippen molar-refractivity contribution in [2.24, 2.45) is 5.92 Å². The molecule has 1 amide bonds. The lowest BCUT2D eigenvalue weighted by atomic mass is 10.1. The van der Waals surface area contributed by atoms with E-state index >= 15 is 0 Å². The lowest BCUT2D eigenvalue weighted by Crippen LogP contribution is -2.42. The van der Waals surface area contributed by atoms with E-state index in [9.17, 15) is 14.4 Å². The predicted octanol–water partition coefficient (Wildman–Crippen LogP) is 3.26. The maximum Gasteiger partial charge on any atom is 0.330 e. The molecule has 0 saturated carbocycles. The van der Waals surface area contributed by atoms with Crippen molar-refractivity contribution in [3.8, 4) is 5.75 Å². The van der Waals surface area contributed by atoms with Crippen LogP contribution in [0.2, 0.25) is 0 Å². The highest BCUT2D eigenvalue weighted by Crippen LogP contribution is 2.22. The number of anilines is 2. The number of aromatic nitrogens is 3. The second-order valence-electron chi connectivity index (χ2n) is 8.10. The third kappa shape index (κ3) is 5.89. The molecule has 0 saturated heterocycles. The van der Waals surface area contributed by atoms with Crippen molar-refractivity contribution in [1.29, 1.82) is 0 Å². The highest BCUT2D eigenvalue weighted by molar-refractivity contribution is 7.07. The SMILES string of the molecule is CCCCn1c(N)c(N(CC(C)C)C(=O)c2ccc(OCc3cscn3)cc2)c(=O)[nH]c1=O. The van der Waals surface area contributed by atoms with Crippen molar-refractivity contribution in [1.82, 2.24) is 14.5 Å². The number of nitrogens with zero attached hydrogens (tertiary/aromatic N) is 3. The summed E-state index contributed by atoms with van der Waals surface area (Å²) in [5.41, 5.74) is 7.94. The van der Waals surface area contributed by atoms with Gasteiger partial charge in [-0.05, 0) is 36.6 Å². The first kappa shape index (κ1) is 24.2. The number of nitrogen functional groups attached to an aromatic ring is 1. The van der Waals surface area contributed by atoms with Gasteiger partial charge in [0.2, 0.25) is 0 Å². The highest BCUT2D eigenvalue weighted by Gasteiger charge is 2.26. The molecule has 10 heteroatoms. The van der Waals surface area contributed by atoms with Gasteiger partial charge in [0.25, 0.3) is 11.5 Å². The van der Waals surface area contributed by atoms with Crippen LogP contribution in [-0.4, -0.2) is 27.0 Å². The number of ether oxygens (including phenoxy) is 1. The molecule has 0 bridgehead atoms. The molecule has 0 aliphatic rings. The van der Waals surface area contributed by atoms with Gasteiger partial charge in [0.1, 0.15) is 18.2 Å². The van der Waals surface area contributed by atoms with Crippen LogP contribution in [0.25, 0.3) is 0 Å². The number of rotatable bonds is 10. The number of hydrogen-bond acceptors (Lipinski definition) is 7. The minimum Gasteiger partial charge on any atom is -0.487 e. The Labute approximate surface area is 195 Å². The van der Waals surface area contributed by atoms with Gasteiger partial charge in [-0.15, -0.1) is 11.3 Å². The molecule has 1 aromatic carbocycles. The van der Waals surface area contributed by atoms with Gasteiger partial charge in [0.15, 0.2) is 5.69 Å². The van der Waals surface area contributed by atoms with Gasteiger partial charge in [-0.25, -0.2) is 9.78 Å². The van der Waals surface area contributed by atoms with Crippen LogP contribution in [-0.2, 0) is 13.2 Å². The molecule has 0 spiro atoms.